The van der Waals surface area contributed by atoms with Crippen LogP contribution in [-0.2, 0) is 13.7 Å². The van der Waals surface area contributed by atoms with Crippen molar-refractivity contribution in [1.82, 2.24) is 0 Å². The second-order valence-corrected chi connectivity index (χ2v) is 4.42. The zero-order chi connectivity index (χ0) is 13.5. The standard InChI is InChI=1S/Al.3H3O4P/c;3*1-5(2,3)4/h;3*(H3,1,2,3,4)/p-3. The normalized spacial score (nSPS) is 11.1. The van der Waals surface area contributed by atoms with Crippen LogP contribution in [0, 0.1) is 0 Å². The van der Waals surface area contributed by atoms with Crippen molar-refractivity contribution >= 4 is 40.8 Å². The molecular weight excluding hydrogens is 312 g/mol. The topological polar surface area (TPSA) is 242 Å². The average Bonchev–Trinajstić information content (AvgIpc) is 1.41. The van der Waals surface area contributed by atoms with Gasteiger partial charge in [-0.2, -0.15) is 0 Å². The molecule has 0 atom stereocenters. The lowest BCUT2D eigenvalue weighted by Gasteiger charge is -2.01. The summed E-state index contributed by atoms with van der Waals surface area (Å²) in [6.07, 6.45) is 0. The van der Waals surface area contributed by atoms with E-state index in [0.29, 0.717) is 0 Å². The predicted molar refractivity (Wildman–Crippen MR) is 41.9 cm³/mol. The van der Waals surface area contributed by atoms with Crippen LogP contribution in [-0.4, -0.2) is 46.7 Å². The summed E-state index contributed by atoms with van der Waals surface area (Å²) in [4.78, 5) is 68.8. The number of hydrogen-bond donors (Lipinski definition) is 6. The molecule has 0 aliphatic rings. The van der Waals surface area contributed by atoms with E-state index in [1.54, 1.807) is 0 Å². The average molecular weight is 318 g/mol. The highest BCUT2D eigenvalue weighted by Crippen LogP contribution is 2.19. The van der Waals surface area contributed by atoms with Crippen LogP contribution in [0.2, 0.25) is 0 Å². The quantitative estimate of drug-likeness (QED) is 0.181. The Morgan fingerprint density at radius 1 is 0.562 bits per heavy atom. The summed E-state index contributed by atoms with van der Waals surface area (Å²) in [5.41, 5.74) is 0. The van der Waals surface area contributed by atoms with E-state index in [2.05, 4.69) is 0 Å². The molecule has 16 heavy (non-hydrogen) atoms. The van der Waals surface area contributed by atoms with Crippen molar-refractivity contribution in [1.29, 1.82) is 0 Å². The van der Waals surface area contributed by atoms with Crippen LogP contribution >= 0.6 is 23.5 Å². The molecule has 3 radical (unpaired) electrons. The molecule has 0 saturated carbocycles. The van der Waals surface area contributed by atoms with Gasteiger partial charge in [-0.15, -0.1) is 0 Å². The number of rotatable bonds is 0. The van der Waals surface area contributed by atoms with E-state index >= 15 is 0 Å². The van der Waals surface area contributed by atoms with Crippen molar-refractivity contribution in [2.75, 3.05) is 0 Å². The largest absolute Gasteiger partial charge is 0.756 e. The minimum absolute atomic E-state index is 0. The third-order valence-corrected chi connectivity index (χ3v) is 0. The lowest BCUT2D eigenvalue weighted by molar-refractivity contribution is -0.215. The molecule has 99 valence electrons. The summed E-state index contributed by atoms with van der Waals surface area (Å²) >= 11 is 0. The van der Waals surface area contributed by atoms with Crippen molar-refractivity contribution in [2.24, 2.45) is 0 Å². The van der Waals surface area contributed by atoms with Gasteiger partial charge in [-0.3, -0.25) is 13.7 Å². The van der Waals surface area contributed by atoms with E-state index in [1.165, 1.54) is 0 Å². The fraction of sp³-hybridized carbons (Fsp3) is 0. The van der Waals surface area contributed by atoms with E-state index in [1.807, 2.05) is 0 Å². The molecule has 12 nitrogen and oxygen atoms in total. The van der Waals surface area contributed by atoms with Crippen molar-refractivity contribution in [3.05, 3.63) is 0 Å². The van der Waals surface area contributed by atoms with Gasteiger partial charge in [-0.25, -0.2) is 0 Å². The van der Waals surface area contributed by atoms with E-state index in [0.717, 1.165) is 0 Å². The summed E-state index contributed by atoms with van der Waals surface area (Å²) < 4.78 is 26.3. The lowest BCUT2D eigenvalue weighted by atomic mass is 15.8. The molecule has 0 aromatic carbocycles. The summed E-state index contributed by atoms with van der Waals surface area (Å²) in [5.74, 6) is 0. The fourth-order valence-corrected chi connectivity index (χ4v) is 0. The van der Waals surface area contributed by atoms with E-state index in [4.69, 9.17) is 57.7 Å². The Morgan fingerprint density at radius 2 is 0.562 bits per heavy atom. The van der Waals surface area contributed by atoms with Gasteiger partial charge in [0.25, 0.3) is 23.5 Å². The first-order valence-electron chi connectivity index (χ1n) is 2.30. The zero-order valence-electron chi connectivity index (χ0n) is 7.05. The van der Waals surface area contributed by atoms with Gasteiger partial charge in [0.1, 0.15) is 0 Å². The monoisotopic (exact) mass is 318 g/mol. The van der Waals surface area contributed by atoms with Crippen LogP contribution in [0.1, 0.15) is 0 Å². The summed E-state index contributed by atoms with van der Waals surface area (Å²) in [6.45, 7) is 0. The SMILES string of the molecule is O=P([O-])(O)O.O=P([O-])(O)O.O=P([O-])(O)O.[Al]. The van der Waals surface area contributed by atoms with Crippen molar-refractivity contribution in [2.45, 2.75) is 0 Å². The minimum Gasteiger partial charge on any atom is -0.756 e. The van der Waals surface area contributed by atoms with Crippen LogP contribution in [0.15, 0.2) is 0 Å². The zero-order valence-corrected chi connectivity index (χ0v) is 10.9. The molecule has 0 heterocycles. The molecule has 0 amide bonds. The Bertz CT molecular complexity index is 202. The first-order valence-corrected chi connectivity index (χ1v) is 6.89. The summed E-state index contributed by atoms with van der Waals surface area (Å²) in [7, 11) is -14.7. The molecule has 6 N–H and O–H groups in total. The van der Waals surface area contributed by atoms with Gasteiger partial charge in [0.2, 0.25) is 0 Å². The van der Waals surface area contributed by atoms with Gasteiger partial charge in [-0.1, -0.05) is 0 Å². The van der Waals surface area contributed by atoms with Gasteiger partial charge in [0, 0.05) is 17.4 Å². The van der Waals surface area contributed by atoms with Crippen molar-refractivity contribution in [3.8, 4) is 0 Å². The van der Waals surface area contributed by atoms with E-state index in [9.17, 15) is 0 Å². The fourth-order valence-electron chi connectivity index (χ4n) is 0. The molecule has 0 aromatic heterocycles. The van der Waals surface area contributed by atoms with Gasteiger partial charge >= 0.3 is 0 Å². The molecule has 0 bridgehead atoms. The smallest absolute Gasteiger partial charge is 0.262 e. The Kier molecular flexibility index (Phi) is 15.8. The second-order valence-electron chi connectivity index (χ2n) is 1.47. The van der Waals surface area contributed by atoms with Gasteiger partial charge < -0.3 is 44.0 Å². The van der Waals surface area contributed by atoms with Gasteiger partial charge in [-0.05, 0) is 0 Å². The predicted octanol–water partition coefficient (Wildman–Crippen LogP) is -5.06. The molecule has 0 rings (SSSR count). The molecular formula is H6AlO12P3-3. The molecule has 0 saturated heterocycles. The molecule has 0 fully saturated rings. The Hall–Kier alpha value is 0.862. The second kappa shape index (κ2) is 9.85. The maximum atomic E-state index is 8.77. The van der Waals surface area contributed by atoms with Crippen LogP contribution < -0.4 is 14.7 Å². The van der Waals surface area contributed by atoms with Gasteiger partial charge in [0.05, 0.1) is 0 Å². The Morgan fingerprint density at radius 3 is 0.562 bits per heavy atom. The van der Waals surface area contributed by atoms with E-state index < -0.39 is 23.5 Å². The molecule has 0 aromatic rings. The summed E-state index contributed by atoms with van der Waals surface area (Å²) in [5, 5.41) is 0. The maximum absolute atomic E-state index is 8.77. The maximum Gasteiger partial charge on any atom is 0.262 e. The number of phosphoric acid groups is 3. The first-order chi connectivity index (χ1) is 6.00. The molecule has 0 unspecified atom stereocenters. The van der Waals surface area contributed by atoms with Crippen LogP contribution in [0.25, 0.3) is 0 Å². The Labute approximate surface area is 99.1 Å². The number of hydrogen-bond acceptors (Lipinski definition) is 6. The molecule has 0 spiro atoms. The van der Waals surface area contributed by atoms with Crippen LogP contribution in [0.4, 0.5) is 0 Å². The van der Waals surface area contributed by atoms with Crippen LogP contribution in [0.3, 0.4) is 0 Å². The first kappa shape index (κ1) is 25.6. The highest BCUT2D eigenvalue weighted by atomic mass is 31.2. The Balaban J connectivity index is -0.0000000655. The van der Waals surface area contributed by atoms with Crippen molar-refractivity contribution in [3.63, 3.8) is 0 Å². The van der Waals surface area contributed by atoms with Gasteiger partial charge in [0.15, 0.2) is 0 Å². The molecule has 16 heteroatoms. The molecule has 0 aliphatic carbocycles. The lowest BCUT2D eigenvalue weighted by Crippen LogP contribution is -1.94. The van der Waals surface area contributed by atoms with Crippen LogP contribution in [0.5, 0.6) is 0 Å². The minimum atomic E-state index is -4.89. The van der Waals surface area contributed by atoms with E-state index in [-0.39, 0.29) is 17.4 Å². The third-order valence-electron chi connectivity index (χ3n) is 0. The summed E-state index contributed by atoms with van der Waals surface area (Å²) in [6, 6.07) is 0. The third kappa shape index (κ3) is 3840. The van der Waals surface area contributed by atoms with Crippen molar-refractivity contribution < 1.29 is 57.7 Å². The molecule has 0 aliphatic heterocycles. The highest BCUT2D eigenvalue weighted by molar-refractivity contribution is 7.44. The highest BCUT2D eigenvalue weighted by Gasteiger charge is 1.83.